The second-order valence-corrected chi connectivity index (χ2v) is 7.00. The number of thiocarbonyl (C=S) groups is 1. The van der Waals surface area contributed by atoms with E-state index in [4.69, 9.17) is 17.5 Å². The second-order valence-electron chi connectivity index (χ2n) is 6.63. The van der Waals surface area contributed by atoms with Gasteiger partial charge in [0.25, 0.3) is 5.91 Å². The molecule has 1 N–H and O–H groups in total. The Morgan fingerprint density at radius 1 is 1.27 bits per heavy atom. The molecule has 1 aliphatic carbocycles. The van der Waals surface area contributed by atoms with E-state index in [0.717, 1.165) is 24.9 Å². The number of aryl methyl sites for hydroxylation is 1. The van der Waals surface area contributed by atoms with Crippen molar-refractivity contribution in [3.05, 3.63) is 47.8 Å². The number of nitriles is 1. The molecule has 2 heterocycles. The molecule has 1 saturated carbocycles. The van der Waals surface area contributed by atoms with Crippen LogP contribution in [0.5, 0.6) is 5.75 Å². The van der Waals surface area contributed by atoms with Crippen molar-refractivity contribution in [2.45, 2.75) is 31.7 Å². The van der Waals surface area contributed by atoms with Crippen LogP contribution in [0.15, 0.2) is 36.5 Å². The minimum absolute atomic E-state index is 0.0623. The lowest BCUT2D eigenvalue weighted by molar-refractivity contribution is -0.123. The number of anilines is 2. The number of pyridine rings is 1. The maximum Gasteiger partial charge on any atom is 0.259 e. The van der Waals surface area contributed by atoms with Gasteiger partial charge < -0.3 is 10.0 Å². The Kier molecular flexibility index (Phi) is 3.67. The molecular formula is C19H16N4O2S. The number of hydrogen-bond donors (Lipinski definition) is 1. The van der Waals surface area contributed by atoms with Gasteiger partial charge in [0.05, 0.1) is 11.9 Å². The molecular weight excluding hydrogens is 348 g/mol. The molecule has 2 aromatic rings. The Morgan fingerprint density at radius 3 is 2.50 bits per heavy atom. The van der Waals surface area contributed by atoms with E-state index in [-0.39, 0.29) is 11.7 Å². The lowest BCUT2D eigenvalue weighted by Crippen LogP contribution is -2.55. The highest BCUT2D eigenvalue weighted by Crippen LogP contribution is 2.47. The van der Waals surface area contributed by atoms with Crippen LogP contribution in [0.25, 0.3) is 0 Å². The summed E-state index contributed by atoms with van der Waals surface area (Å²) >= 11 is 5.67. The first kappa shape index (κ1) is 16.5. The van der Waals surface area contributed by atoms with Gasteiger partial charge in [-0.25, -0.2) is 4.98 Å². The van der Waals surface area contributed by atoms with Gasteiger partial charge in [0.15, 0.2) is 5.11 Å². The second kappa shape index (κ2) is 5.78. The van der Waals surface area contributed by atoms with Gasteiger partial charge in [-0.05, 0) is 74.3 Å². The third-order valence-corrected chi connectivity index (χ3v) is 5.49. The van der Waals surface area contributed by atoms with Crippen molar-refractivity contribution in [1.82, 2.24) is 4.98 Å². The summed E-state index contributed by atoms with van der Waals surface area (Å²) in [5.74, 6) is 0.101. The van der Waals surface area contributed by atoms with Gasteiger partial charge in [-0.15, -0.1) is 0 Å². The van der Waals surface area contributed by atoms with E-state index in [1.54, 1.807) is 37.3 Å². The summed E-state index contributed by atoms with van der Waals surface area (Å²) in [6.45, 7) is 1.79. The molecule has 0 radical (unpaired) electrons. The summed E-state index contributed by atoms with van der Waals surface area (Å²) in [6.07, 6.45) is 3.93. The third kappa shape index (κ3) is 2.19. The Hall–Kier alpha value is -2.98. The first-order valence-electron chi connectivity index (χ1n) is 8.32. The normalized spacial score (nSPS) is 18.2. The SMILES string of the molecule is Cc1cc(N2C(=O)C3(CCC3)N(c3ccc(O)cc3)C2=S)cnc1C#N. The molecule has 1 spiro atoms. The summed E-state index contributed by atoms with van der Waals surface area (Å²) in [6, 6.07) is 10.5. The van der Waals surface area contributed by atoms with Gasteiger partial charge in [-0.1, -0.05) is 0 Å². The summed E-state index contributed by atoms with van der Waals surface area (Å²) in [4.78, 5) is 20.8. The van der Waals surface area contributed by atoms with Crippen molar-refractivity contribution in [3.8, 4) is 11.8 Å². The number of phenols is 1. The Bertz CT molecular complexity index is 960. The minimum atomic E-state index is -0.671. The fraction of sp³-hybridized carbons (Fsp3) is 0.263. The van der Waals surface area contributed by atoms with E-state index in [1.165, 1.54) is 11.1 Å². The first-order chi connectivity index (χ1) is 12.5. The van der Waals surface area contributed by atoms with Crippen molar-refractivity contribution in [2.24, 2.45) is 0 Å². The standard InChI is InChI=1S/C19H16N4O2S/c1-12-9-14(11-21-16(12)10-20)22-17(25)19(7-2-8-19)23(18(22)26)13-3-5-15(24)6-4-13/h3-6,9,11,24H,2,7-8H2,1H3. The summed E-state index contributed by atoms with van der Waals surface area (Å²) in [5.41, 5.74) is 1.72. The number of nitrogens with zero attached hydrogens (tertiary/aromatic N) is 4. The highest BCUT2D eigenvalue weighted by Gasteiger charge is 2.59. The number of hydrogen-bond acceptors (Lipinski definition) is 5. The fourth-order valence-corrected chi connectivity index (χ4v) is 4.08. The number of phenolic OH excluding ortho intramolecular Hbond substituents is 1. The lowest BCUT2D eigenvalue weighted by Gasteiger charge is -2.43. The lowest BCUT2D eigenvalue weighted by atomic mass is 9.75. The molecule has 6 nitrogen and oxygen atoms in total. The van der Waals surface area contributed by atoms with Crippen LogP contribution in [0.2, 0.25) is 0 Å². The number of carbonyl (C=O) groups is 1. The zero-order valence-corrected chi connectivity index (χ0v) is 15.0. The van der Waals surface area contributed by atoms with Crippen LogP contribution in [0, 0.1) is 18.3 Å². The van der Waals surface area contributed by atoms with Gasteiger partial charge in [0, 0.05) is 5.69 Å². The zero-order valence-electron chi connectivity index (χ0n) is 14.1. The van der Waals surface area contributed by atoms with Gasteiger partial charge in [-0.2, -0.15) is 5.26 Å². The molecule has 0 bridgehead atoms. The maximum atomic E-state index is 13.3. The van der Waals surface area contributed by atoms with Gasteiger partial charge in [0.2, 0.25) is 0 Å². The first-order valence-corrected chi connectivity index (χ1v) is 8.73. The Labute approximate surface area is 156 Å². The van der Waals surface area contributed by atoms with Crippen LogP contribution in [0.1, 0.15) is 30.5 Å². The van der Waals surface area contributed by atoms with Crippen LogP contribution in [-0.4, -0.2) is 26.6 Å². The largest absolute Gasteiger partial charge is 0.508 e. The minimum Gasteiger partial charge on any atom is -0.508 e. The quantitative estimate of drug-likeness (QED) is 0.825. The van der Waals surface area contributed by atoms with Crippen molar-refractivity contribution < 1.29 is 9.90 Å². The predicted octanol–water partition coefficient (Wildman–Crippen LogP) is 3.03. The van der Waals surface area contributed by atoms with Gasteiger partial charge >= 0.3 is 0 Å². The number of benzene rings is 1. The highest BCUT2D eigenvalue weighted by molar-refractivity contribution is 7.81. The number of carbonyl (C=O) groups excluding carboxylic acids is 1. The average Bonchev–Trinajstić information content (AvgIpc) is 2.83. The third-order valence-electron chi connectivity index (χ3n) is 5.13. The van der Waals surface area contributed by atoms with Crippen molar-refractivity contribution in [1.29, 1.82) is 5.26 Å². The van der Waals surface area contributed by atoms with Crippen molar-refractivity contribution >= 4 is 34.6 Å². The van der Waals surface area contributed by atoms with Crippen LogP contribution >= 0.6 is 12.2 Å². The molecule has 0 atom stereocenters. The molecule has 7 heteroatoms. The Morgan fingerprint density at radius 2 is 1.96 bits per heavy atom. The summed E-state index contributed by atoms with van der Waals surface area (Å²) in [5, 5.41) is 19.0. The molecule has 1 aromatic carbocycles. The maximum absolute atomic E-state index is 13.3. The monoisotopic (exact) mass is 364 g/mol. The van der Waals surface area contributed by atoms with Crippen molar-refractivity contribution in [3.63, 3.8) is 0 Å². The molecule has 2 aliphatic rings. The van der Waals surface area contributed by atoms with Crippen LogP contribution in [0.4, 0.5) is 11.4 Å². The summed E-state index contributed by atoms with van der Waals surface area (Å²) in [7, 11) is 0. The molecule has 26 heavy (non-hydrogen) atoms. The highest BCUT2D eigenvalue weighted by atomic mass is 32.1. The van der Waals surface area contributed by atoms with E-state index < -0.39 is 5.54 Å². The van der Waals surface area contributed by atoms with Crippen molar-refractivity contribution in [2.75, 3.05) is 9.80 Å². The molecule has 0 unspecified atom stereocenters. The number of aromatic nitrogens is 1. The number of aromatic hydroxyl groups is 1. The topological polar surface area (TPSA) is 80.5 Å². The average molecular weight is 364 g/mol. The molecule has 4 rings (SSSR count). The van der Waals surface area contributed by atoms with Gasteiger partial charge in [0.1, 0.15) is 23.1 Å². The van der Waals surface area contributed by atoms with E-state index in [1.807, 2.05) is 11.0 Å². The molecule has 1 aliphatic heterocycles. The molecule has 1 aromatic heterocycles. The summed E-state index contributed by atoms with van der Waals surface area (Å²) < 4.78 is 0. The predicted molar refractivity (Wildman–Crippen MR) is 101 cm³/mol. The molecule has 1 amide bonds. The van der Waals surface area contributed by atoms with Crippen LogP contribution in [-0.2, 0) is 4.79 Å². The van der Waals surface area contributed by atoms with E-state index in [2.05, 4.69) is 4.98 Å². The van der Waals surface area contributed by atoms with E-state index in [9.17, 15) is 9.90 Å². The smallest absolute Gasteiger partial charge is 0.259 e. The van der Waals surface area contributed by atoms with Crippen LogP contribution in [0.3, 0.4) is 0 Å². The van der Waals surface area contributed by atoms with E-state index in [0.29, 0.717) is 22.1 Å². The number of amides is 1. The Balaban J connectivity index is 1.80. The fourth-order valence-electron chi connectivity index (χ4n) is 3.61. The zero-order chi connectivity index (χ0) is 18.5. The van der Waals surface area contributed by atoms with Crippen LogP contribution < -0.4 is 9.80 Å². The molecule has 2 fully saturated rings. The molecule has 130 valence electrons. The van der Waals surface area contributed by atoms with Gasteiger partial charge in [-0.3, -0.25) is 9.69 Å². The van der Waals surface area contributed by atoms with E-state index >= 15 is 0 Å². The molecule has 1 saturated heterocycles. The number of rotatable bonds is 2.